The predicted octanol–water partition coefficient (Wildman–Crippen LogP) is 5.05. The third kappa shape index (κ3) is 7.10. The van der Waals surface area contributed by atoms with Crippen molar-refractivity contribution >= 4 is 0 Å². The first-order valence-corrected chi connectivity index (χ1v) is 12.7. The van der Waals surface area contributed by atoms with Gasteiger partial charge in [0, 0.05) is 37.1 Å². The smallest absolute Gasteiger partial charge is 0.254 e. The topological polar surface area (TPSA) is 43.7 Å². The van der Waals surface area contributed by atoms with Crippen LogP contribution in [0.1, 0.15) is 48.2 Å². The van der Waals surface area contributed by atoms with Gasteiger partial charge < -0.3 is 14.0 Å². The van der Waals surface area contributed by atoms with Gasteiger partial charge in [0.05, 0.1) is 19.2 Å². The van der Waals surface area contributed by atoms with Gasteiger partial charge in [-0.15, -0.1) is 0 Å². The summed E-state index contributed by atoms with van der Waals surface area (Å²) in [5.74, 6) is 7.66. The number of rotatable bonds is 8. The van der Waals surface area contributed by atoms with E-state index >= 15 is 0 Å². The molecule has 0 spiro atoms. The van der Waals surface area contributed by atoms with Gasteiger partial charge in [0.25, 0.3) is 5.56 Å². The fourth-order valence-electron chi connectivity index (χ4n) is 4.61. The lowest BCUT2D eigenvalue weighted by Gasteiger charge is -2.23. The molecule has 0 bridgehead atoms. The Balaban J connectivity index is 1.35. The van der Waals surface area contributed by atoms with Gasteiger partial charge in [-0.2, -0.15) is 0 Å². The molecule has 1 saturated heterocycles. The van der Waals surface area contributed by atoms with Crippen molar-refractivity contribution in [1.29, 1.82) is 0 Å². The quantitative estimate of drug-likeness (QED) is 0.420. The van der Waals surface area contributed by atoms with Crippen molar-refractivity contribution in [2.75, 3.05) is 33.4 Å². The molecule has 36 heavy (non-hydrogen) atoms. The molecule has 5 nitrogen and oxygen atoms in total. The molecule has 0 radical (unpaired) electrons. The van der Waals surface area contributed by atoms with Crippen molar-refractivity contribution in [3.05, 3.63) is 99.5 Å². The molecule has 0 aliphatic carbocycles. The number of benzene rings is 2. The van der Waals surface area contributed by atoms with Crippen molar-refractivity contribution < 1.29 is 9.47 Å². The van der Waals surface area contributed by atoms with Crippen molar-refractivity contribution in [2.24, 2.45) is 5.92 Å². The van der Waals surface area contributed by atoms with Gasteiger partial charge in [0.2, 0.25) is 0 Å². The standard InChI is InChI=1S/C31H36N2O3/c1-24-20-30(36-23-28-15-18-35-19-16-28)21-31(34)33(24)25(2)29-13-11-26(12-14-29)10-7-17-32(3)22-27-8-5-4-6-9-27/h4-6,8-9,11-14,20-21,25,28H,15-19,22-23H2,1-3H3/t25-/m0/s1. The molecule has 2 aromatic carbocycles. The molecule has 188 valence electrons. The molecule has 4 rings (SSSR count). The van der Waals surface area contributed by atoms with E-state index in [4.69, 9.17) is 9.47 Å². The Morgan fingerprint density at radius 2 is 1.81 bits per heavy atom. The van der Waals surface area contributed by atoms with E-state index in [-0.39, 0.29) is 11.6 Å². The Kier molecular flexibility index (Phi) is 9.00. The monoisotopic (exact) mass is 484 g/mol. The first-order valence-electron chi connectivity index (χ1n) is 12.7. The number of hydrogen-bond acceptors (Lipinski definition) is 4. The number of pyridine rings is 1. The SMILES string of the molecule is Cc1cc(OCC2CCOCC2)cc(=O)n1[C@@H](C)c1ccc(C#CCN(C)Cc2ccccc2)cc1. The van der Waals surface area contributed by atoms with Gasteiger partial charge in [0.1, 0.15) is 5.75 Å². The Morgan fingerprint density at radius 3 is 2.50 bits per heavy atom. The molecule has 3 aromatic rings. The highest BCUT2D eigenvalue weighted by atomic mass is 16.5. The van der Waals surface area contributed by atoms with E-state index in [1.54, 1.807) is 6.07 Å². The van der Waals surface area contributed by atoms with Crippen LogP contribution in [-0.2, 0) is 11.3 Å². The van der Waals surface area contributed by atoms with Gasteiger partial charge >= 0.3 is 0 Å². The second-order valence-corrected chi connectivity index (χ2v) is 9.67. The highest BCUT2D eigenvalue weighted by Crippen LogP contribution is 2.22. The minimum Gasteiger partial charge on any atom is -0.493 e. The highest BCUT2D eigenvalue weighted by molar-refractivity contribution is 5.37. The maximum absolute atomic E-state index is 13.0. The third-order valence-electron chi connectivity index (χ3n) is 6.72. The molecule has 0 saturated carbocycles. The summed E-state index contributed by atoms with van der Waals surface area (Å²) >= 11 is 0. The van der Waals surface area contributed by atoms with Crippen molar-refractivity contribution in [1.82, 2.24) is 9.47 Å². The Labute approximate surface area is 214 Å². The van der Waals surface area contributed by atoms with Crippen LogP contribution in [0.5, 0.6) is 5.75 Å². The second-order valence-electron chi connectivity index (χ2n) is 9.67. The van der Waals surface area contributed by atoms with Crippen molar-refractivity contribution in [2.45, 2.75) is 39.3 Å². The number of nitrogens with zero attached hydrogens (tertiary/aromatic N) is 2. The summed E-state index contributed by atoms with van der Waals surface area (Å²) in [5, 5.41) is 0. The van der Waals surface area contributed by atoms with Gasteiger partial charge in [-0.05, 0) is 69.0 Å². The van der Waals surface area contributed by atoms with Gasteiger partial charge in [-0.1, -0.05) is 54.3 Å². The summed E-state index contributed by atoms with van der Waals surface area (Å²) in [6.45, 7) is 7.81. The molecule has 1 aliphatic rings. The summed E-state index contributed by atoms with van der Waals surface area (Å²) in [6, 6.07) is 22.1. The average molecular weight is 485 g/mol. The molecule has 0 N–H and O–H groups in total. The fraction of sp³-hybridized carbons (Fsp3) is 0.387. The van der Waals surface area contributed by atoms with Crippen LogP contribution >= 0.6 is 0 Å². The average Bonchev–Trinajstić information content (AvgIpc) is 2.88. The van der Waals surface area contributed by atoms with Crippen LogP contribution in [0.15, 0.2) is 71.5 Å². The van der Waals surface area contributed by atoms with Crippen LogP contribution in [0.4, 0.5) is 0 Å². The molecular formula is C31H36N2O3. The van der Waals surface area contributed by atoms with E-state index < -0.39 is 0 Å². The molecular weight excluding hydrogens is 448 g/mol. The molecule has 0 amide bonds. The summed E-state index contributed by atoms with van der Waals surface area (Å²) in [5.41, 5.74) is 4.17. The van der Waals surface area contributed by atoms with E-state index in [0.717, 1.165) is 49.4 Å². The van der Waals surface area contributed by atoms with E-state index in [1.807, 2.05) is 35.8 Å². The molecule has 2 heterocycles. The normalized spacial score (nSPS) is 14.8. The Hall–Kier alpha value is -3.33. The summed E-state index contributed by atoms with van der Waals surface area (Å²) < 4.78 is 13.2. The first kappa shape index (κ1) is 25.8. The van der Waals surface area contributed by atoms with E-state index in [0.29, 0.717) is 24.8 Å². The summed E-state index contributed by atoms with van der Waals surface area (Å²) in [6.07, 6.45) is 2.02. The summed E-state index contributed by atoms with van der Waals surface area (Å²) in [7, 11) is 2.08. The number of hydrogen-bond donors (Lipinski definition) is 0. The molecule has 0 unspecified atom stereocenters. The number of ether oxygens (including phenoxy) is 2. The highest BCUT2D eigenvalue weighted by Gasteiger charge is 2.16. The molecule has 1 aliphatic heterocycles. The predicted molar refractivity (Wildman–Crippen MR) is 144 cm³/mol. The largest absolute Gasteiger partial charge is 0.493 e. The fourth-order valence-corrected chi connectivity index (χ4v) is 4.61. The minimum atomic E-state index is -0.0824. The van der Waals surface area contributed by atoms with Crippen LogP contribution in [-0.4, -0.2) is 42.9 Å². The van der Waals surface area contributed by atoms with E-state index in [1.165, 1.54) is 5.56 Å². The number of aryl methyl sites for hydroxylation is 1. The van der Waals surface area contributed by atoms with Crippen LogP contribution in [0, 0.1) is 24.7 Å². The lowest BCUT2D eigenvalue weighted by molar-refractivity contribution is 0.0497. The van der Waals surface area contributed by atoms with Crippen molar-refractivity contribution in [3.63, 3.8) is 0 Å². The van der Waals surface area contributed by atoms with Crippen LogP contribution < -0.4 is 10.3 Å². The molecule has 5 heteroatoms. The van der Waals surface area contributed by atoms with Crippen LogP contribution in [0.2, 0.25) is 0 Å². The zero-order valence-corrected chi connectivity index (χ0v) is 21.6. The van der Waals surface area contributed by atoms with E-state index in [9.17, 15) is 4.79 Å². The Morgan fingerprint density at radius 1 is 1.08 bits per heavy atom. The molecule has 1 aromatic heterocycles. The third-order valence-corrected chi connectivity index (χ3v) is 6.72. The second kappa shape index (κ2) is 12.6. The zero-order chi connectivity index (χ0) is 25.3. The molecule has 1 atom stereocenters. The van der Waals surface area contributed by atoms with Crippen LogP contribution in [0.25, 0.3) is 0 Å². The lowest BCUT2D eigenvalue weighted by Crippen LogP contribution is -2.26. The van der Waals surface area contributed by atoms with Gasteiger partial charge in [-0.3, -0.25) is 9.69 Å². The van der Waals surface area contributed by atoms with E-state index in [2.05, 4.69) is 67.1 Å². The Bertz CT molecular complexity index is 1230. The summed E-state index contributed by atoms with van der Waals surface area (Å²) in [4.78, 5) is 15.2. The van der Waals surface area contributed by atoms with Gasteiger partial charge in [0.15, 0.2) is 0 Å². The lowest BCUT2D eigenvalue weighted by atomic mass is 10.0. The molecule has 1 fully saturated rings. The maximum Gasteiger partial charge on any atom is 0.254 e. The van der Waals surface area contributed by atoms with Crippen molar-refractivity contribution in [3.8, 4) is 17.6 Å². The first-order chi connectivity index (χ1) is 17.5. The van der Waals surface area contributed by atoms with Gasteiger partial charge in [-0.25, -0.2) is 0 Å². The zero-order valence-electron chi connectivity index (χ0n) is 21.6. The minimum absolute atomic E-state index is 0.0465. The maximum atomic E-state index is 13.0. The number of aromatic nitrogens is 1. The van der Waals surface area contributed by atoms with Crippen LogP contribution in [0.3, 0.4) is 0 Å².